The van der Waals surface area contributed by atoms with Crippen molar-refractivity contribution in [3.05, 3.63) is 24.3 Å². The molecule has 0 aromatic carbocycles. The summed E-state index contributed by atoms with van der Waals surface area (Å²) in [5, 5.41) is 10.3. The summed E-state index contributed by atoms with van der Waals surface area (Å²) in [7, 11) is 0. The summed E-state index contributed by atoms with van der Waals surface area (Å²) < 4.78 is 6.62. The zero-order valence-corrected chi connectivity index (χ0v) is 20.9. The van der Waals surface area contributed by atoms with Gasteiger partial charge in [0.2, 0.25) is 17.7 Å². The van der Waals surface area contributed by atoms with Crippen LogP contribution >= 0.6 is 0 Å². The van der Waals surface area contributed by atoms with E-state index < -0.39 is 35.6 Å². The third-order valence-electron chi connectivity index (χ3n) is 7.85. The highest BCUT2D eigenvalue weighted by molar-refractivity contribution is 6.00. The summed E-state index contributed by atoms with van der Waals surface area (Å²) in [5.74, 6) is -2.06. The van der Waals surface area contributed by atoms with Gasteiger partial charge in [-0.3, -0.25) is 14.4 Å². The van der Waals surface area contributed by atoms with Crippen molar-refractivity contribution in [2.75, 3.05) is 32.8 Å². The van der Waals surface area contributed by atoms with Gasteiger partial charge in [0.25, 0.3) is 0 Å². The minimum atomic E-state index is -1.22. The maximum Gasteiger partial charge on any atom is 0.249 e. The average Bonchev–Trinajstić information content (AvgIpc) is 3.12. The number of likely N-dealkylation sites (tertiary alicyclic amines) is 1. The number of ether oxygens (including phenoxy) is 1. The first-order valence-corrected chi connectivity index (χ1v) is 12.8. The molecule has 34 heavy (non-hydrogen) atoms. The van der Waals surface area contributed by atoms with Crippen LogP contribution in [0.5, 0.6) is 0 Å². The summed E-state index contributed by atoms with van der Waals surface area (Å²) >= 11 is 0. The fourth-order valence-corrected chi connectivity index (χ4v) is 6.17. The molecule has 8 heteroatoms. The van der Waals surface area contributed by atoms with Crippen LogP contribution in [-0.2, 0) is 19.1 Å². The molecule has 4 heterocycles. The SMILES string of the molecule is CCCCN1CC=C[C@]23O[C@@H]4C=CCN(CCC)C(=O)[C@@H]4[C@H]2C(=O)N([C@@H](CO)C(C)C)C3C1=O. The first kappa shape index (κ1) is 24.9. The first-order valence-electron chi connectivity index (χ1n) is 12.8. The molecular formula is C26H39N3O5. The van der Waals surface area contributed by atoms with Crippen LogP contribution in [0.2, 0.25) is 0 Å². The average molecular weight is 474 g/mol. The summed E-state index contributed by atoms with van der Waals surface area (Å²) in [6.45, 7) is 9.87. The van der Waals surface area contributed by atoms with Crippen LogP contribution in [0.3, 0.4) is 0 Å². The quantitative estimate of drug-likeness (QED) is 0.541. The lowest BCUT2D eigenvalue weighted by Crippen LogP contribution is -2.59. The second-order valence-corrected chi connectivity index (χ2v) is 10.3. The van der Waals surface area contributed by atoms with Gasteiger partial charge in [-0.1, -0.05) is 58.4 Å². The van der Waals surface area contributed by atoms with Gasteiger partial charge in [-0.2, -0.15) is 0 Å². The van der Waals surface area contributed by atoms with E-state index in [1.807, 2.05) is 45.1 Å². The molecule has 4 aliphatic heterocycles. The summed E-state index contributed by atoms with van der Waals surface area (Å²) in [6, 6.07) is -1.43. The van der Waals surface area contributed by atoms with E-state index in [0.717, 1.165) is 19.3 Å². The number of hydrogen-bond acceptors (Lipinski definition) is 5. The number of carbonyl (C=O) groups is 3. The molecular weight excluding hydrogens is 434 g/mol. The van der Waals surface area contributed by atoms with Crippen LogP contribution in [-0.4, -0.2) is 94.1 Å². The van der Waals surface area contributed by atoms with E-state index in [-0.39, 0.29) is 30.2 Å². The Kier molecular flexibility index (Phi) is 7.20. The highest BCUT2D eigenvalue weighted by atomic mass is 16.5. The smallest absolute Gasteiger partial charge is 0.249 e. The topological polar surface area (TPSA) is 90.4 Å². The highest BCUT2D eigenvalue weighted by Gasteiger charge is 2.72. The summed E-state index contributed by atoms with van der Waals surface area (Å²) in [5.41, 5.74) is -1.22. The van der Waals surface area contributed by atoms with E-state index in [2.05, 4.69) is 6.92 Å². The van der Waals surface area contributed by atoms with Gasteiger partial charge in [0, 0.05) is 26.2 Å². The number of hydrogen-bond donors (Lipinski definition) is 1. The number of aliphatic hydroxyl groups excluding tert-OH is 1. The number of nitrogens with zero attached hydrogens (tertiary/aromatic N) is 3. The van der Waals surface area contributed by atoms with E-state index in [1.165, 1.54) is 0 Å². The fraction of sp³-hybridized carbons (Fsp3) is 0.731. The van der Waals surface area contributed by atoms with Crippen LogP contribution in [0.15, 0.2) is 24.3 Å². The van der Waals surface area contributed by atoms with Gasteiger partial charge in [0.15, 0.2) is 0 Å². The third-order valence-corrected chi connectivity index (χ3v) is 7.85. The lowest BCUT2D eigenvalue weighted by molar-refractivity contribution is -0.152. The second kappa shape index (κ2) is 9.82. The van der Waals surface area contributed by atoms with Crippen LogP contribution < -0.4 is 0 Å². The van der Waals surface area contributed by atoms with Gasteiger partial charge in [0.05, 0.1) is 30.6 Å². The Hall–Kier alpha value is -2.19. The van der Waals surface area contributed by atoms with Crippen molar-refractivity contribution >= 4 is 17.7 Å². The van der Waals surface area contributed by atoms with Crippen LogP contribution in [0.4, 0.5) is 0 Å². The molecule has 6 atom stereocenters. The third kappa shape index (κ3) is 3.79. The number of carbonyl (C=O) groups excluding carboxylic acids is 3. The molecule has 0 aliphatic carbocycles. The Balaban J connectivity index is 1.83. The van der Waals surface area contributed by atoms with Crippen molar-refractivity contribution in [1.29, 1.82) is 0 Å². The standard InChI is InChI=1S/C26H39N3O5/c1-5-7-13-28-15-9-11-26-21(20-19(34-26)10-8-14-27(12-6-2)23(20)31)24(32)29(22(26)25(28)33)18(16-30)17(3)4/h8-11,17-22,30H,5-7,12-16H2,1-4H3/t18-,19+,20-,21-,22?,26-/m0/s1. The molecule has 0 aromatic heterocycles. The monoisotopic (exact) mass is 473 g/mol. The van der Waals surface area contributed by atoms with Crippen LogP contribution in [0, 0.1) is 17.8 Å². The van der Waals surface area contributed by atoms with Crippen molar-refractivity contribution in [1.82, 2.24) is 14.7 Å². The maximum absolute atomic E-state index is 14.1. The maximum atomic E-state index is 14.1. The first-order chi connectivity index (χ1) is 16.3. The molecule has 2 fully saturated rings. The van der Waals surface area contributed by atoms with Crippen molar-refractivity contribution in [3.8, 4) is 0 Å². The van der Waals surface area contributed by atoms with E-state index in [4.69, 9.17) is 4.74 Å². The number of rotatable bonds is 8. The van der Waals surface area contributed by atoms with Crippen molar-refractivity contribution in [2.45, 2.75) is 70.7 Å². The van der Waals surface area contributed by atoms with Gasteiger partial charge in [-0.25, -0.2) is 0 Å². The predicted octanol–water partition coefficient (Wildman–Crippen LogP) is 1.59. The Morgan fingerprint density at radius 3 is 2.38 bits per heavy atom. The predicted molar refractivity (Wildman–Crippen MR) is 128 cm³/mol. The lowest BCUT2D eigenvalue weighted by atomic mass is 9.77. The fourth-order valence-electron chi connectivity index (χ4n) is 6.17. The molecule has 1 unspecified atom stereocenters. The van der Waals surface area contributed by atoms with Gasteiger partial charge in [-0.05, 0) is 18.8 Å². The molecule has 0 radical (unpaired) electrons. The summed E-state index contributed by atoms with van der Waals surface area (Å²) in [4.78, 5) is 47.0. The molecule has 4 rings (SSSR count). The normalized spacial score (nSPS) is 33.8. The molecule has 3 amide bonds. The van der Waals surface area contributed by atoms with E-state index >= 15 is 0 Å². The molecule has 8 nitrogen and oxygen atoms in total. The van der Waals surface area contributed by atoms with Crippen molar-refractivity contribution < 1.29 is 24.2 Å². The molecule has 1 N–H and O–H groups in total. The Bertz CT molecular complexity index is 870. The number of fused-ring (bicyclic) bond motifs is 2. The molecule has 4 aliphatic rings. The number of amides is 3. The zero-order chi connectivity index (χ0) is 24.6. The number of aliphatic hydroxyl groups is 1. The summed E-state index contributed by atoms with van der Waals surface area (Å²) in [6.07, 6.45) is 9.71. The molecule has 0 bridgehead atoms. The van der Waals surface area contributed by atoms with E-state index in [0.29, 0.717) is 26.2 Å². The molecule has 188 valence electrons. The van der Waals surface area contributed by atoms with E-state index in [1.54, 1.807) is 14.7 Å². The zero-order valence-electron chi connectivity index (χ0n) is 20.9. The van der Waals surface area contributed by atoms with Gasteiger partial charge >= 0.3 is 0 Å². The lowest BCUT2D eigenvalue weighted by Gasteiger charge is -2.39. The molecule has 2 saturated heterocycles. The van der Waals surface area contributed by atoms with Gasteiger partial charge in [-0.15, -0.1) is 0 Å². The largest absolute Gasteiger partial charge is 0.394 e. The van der Waals surface area contributed by atoms with Crippen LogP contribution in [0.1, 0.15) is 47.0 Å². The highest BCUT2D eigenvalue weighted by Crippen LogP contribution is 2.54. The number of unbranched alkanes of at least 4 members (excludes halogenated alkanes) is 1. The Labute approximate surface area is 202 Å². The minimum Gasteiger partial charge on any atom is -0.394 e. The van der Waals surface area contributed by atoms with Gasteiger partial charge in [0.1, 0.15) is 11.6 Å². The Morgan fingerprint density at radius 2 is 1.74 bits per heavy atom. The van der Waals surface area contributed by atoms with Crippen molar-refractivity contribution in [3.63, 3.8) is 0 Å². The van der Waals surface area contributed by atoms with E-state index in [9.17, 15) is 19.5 Å². The van der Waals surface area contributed by atoms with Crippen molar-refractivity contribution in [2.24, 2.45) is 17.8 Å². The second-order valence-electron chi connectivity index (χ2n) is 10.3. The molecule has 1 spiro atoms. The van der Waals surface area contributed by atoms with Gasteiger partial charge < -0.3 is 24.5 Å². The Morgan fingerprint density at radius 1 is 1.03 bits per heavy atom. The minimum absolute atomic E-state index is 0.0638. The van der Waals surface area contributed by atoms with Crippen LogP contribution in [0.25, 0.3) is 0 Å². The molecule has 0 aromatic rings. The molecule has 0 saturated carbocycles.